The fourth-order valence-corrected chi connectivity index (χ4v) is 4.20. The summed E-state index contributed by atoms with van der Waals surface area (Å²) in [4.78, 5) is 11.8. The van der Waals surface area contributed by atoms with Crippen molar-refractivity contribution in [1.29, 1.82) is 0 Å². The number of methoxy groups -OCH3 is 1. The van der Waals surface area contributed by atoms with Gasteiger partial charge in [0.2, 0.25) is 0 Å². The number of para-hydroxylation sites is 2. The number of guanidine groups is 1. The highest BCUT2D eigenvalue weighted by Gasteiger charge is 2.22. The summed E-state index contributed by atoms with van der Waals surface area (Å²) in [5.74, 6) is 1.79. The highest BCUT2D eigenvalue weighted by atomic mass is 32.1. The Balaban J connectivity index is 1.64. The number of nitrogens with zero attached hydrogens (tertiary/aromatic N) is 3. The number of aliphatic imine (C=N–C) groups is 1. The lowest BCUT2D eigenvalue weighted by molar-refractivity contribution is 0.408. The molecule has 1 fully saturated rings. The molecule has 0 spiro atoms. The van der Waals surface area contributed by atoms with Gasteiger partial charge in [0, 0.05) is 31.1 Å². The lowest BCUT2D eigenvalue weighted by atomic mass is 10.0. The molecule has 3 rings (SSSR count). The van der Waals surface area contributed by atoms with Gasteiger partial charge in [-0.15, -0.1) is 11.3 Å². The monoisotopic (exact) mass is 401 g/mol. The average molecular weight is 402 g/mol. The van der Waals surface area contributed by atoms with E-state index in [2.05, 4.69) is 51.9 Å². The van der Waals surface area contributed by atoms with E-state index in [1.54, 1.807) is 18.4 Å². The molecule has 2 aromatic rings. The minimum Gasteiger partial charge on any atom is -0.495 e. The number of rotatable bonds is 7. The van der Waals surface area contributed by atoms with E-state index in [9.17, 15) is 0 Å². The van der Waals surface area contributed by atoms with Crippen LogP contribution in [0.3, 0.4) is 0 Å². The lowest BCUT2D eigenvalue weighted by Crippen LogP contribution is -2.51. The lowest BCUT2D eigenvalue weighted by Gasteiger charge is -2.36. The van der Waals surface area contributed by atoms with Crippen LogP contribution < -0.4 is 20.3 Å². The number of aryl methyl sites for hydroxylation is 1. The van der Waals surface area contributed by atoms with Crippen LogP contribution in [0.1, 0.15) is 37.4 Å². The van der Waals surface area contributed by atoms with Gasteiger partial charge in [-0.2, -0.15) is 0 Å². The summed E-state index contributed by atoms with van der Waals surface area (Å²) in [6, 6.07) is 8.59. The Morgan fingerprint density at radius 1 is 1.36 bits per heavy atom. The first-order valence-electron chi connectivity index (χ1n) is 10.1. The molecule has 152 valence electrons. The fourth-order valence-electron chi connectivity index (χ4n) is 3.46. The van der Waals surface area contributed by atoms with Crippen LogP contribution in [0.15, 0.2) is 34.6 Å². The van der Waals surface area contributed by atoms with E-state index in [4.69, 9.17) is 9.73 Å². The molecule has 0 aliphatic carbocycles. The van der Waals surface area contributed by atoms with E-state index >= 15 is 0 Å². The zero-order valence-corrected chi connectivity index (χ0v) is 17.9. The first kappa shape index (κ1) is 20.5. The van der Waals surface area contributed by atoms with Crippen molar-refractivity contribution in [3.63, 3.8) is 0 Å². The van der Waals surface area contributed by atoms with E-state index in [1.807, 2.05) is 12.1 Å². The molecule has 6 nitrogen and oxygen atoms in total. The van der Waals surface area contributed by atoms with Gasteiger partial charge in [0.15, 0.2) is 5.96 Å². The van der Waals surface area contributed by atoms with Crippen LogP contribution in [0.2, 0.25) is 0 Å². The summed E-state index contributed by atoms with van der Waals surface area (Å²) in [6.45, 7) is 7.65. The smallest absolute Gasteiger partial charge is 0.191 e. The van der Waals surface area contributed by atoms with Crippen molar-refractivity contribution in [3.05, 3.63) is 40.3 Å². The van der Waals surface area contributed by atoms with E-state index in [-0.39, 0.29) is 0 Å². The number of thiazole rings is 1. The van der Waals surface area contributed by atoms with Gasteiger partial charge in [-0.1, -0.05) is 19.1 Å². The van der Waals surface area contributed by atoms with E-state index < -0.39 is 0 Å². The summed E-state index contributed by atoms with van der Waals surface area (Å²) in [5.41, 5.74) is 2.20. The summed E-state index contributed by atoms with van der Waals surface area (Å²) < 4.78 is 5.55. The van der Waals surface area contributed by atoms with Gasteiger partial charge in [-0.05, 0) is 38.3 Å². The number of hydrogen-bond acceptors (Lipinski definition) is 5. The molecule has 0 radical (unpaired) electrons. The summed E-state index contributed by atoms with van der Waals surface area (Å²) in [7, 11) is 1.73. The SMILES string of the molecule is CCNC(=NCc1csc(CC)n1)NC1CCCN(c2ccccc2OC)C1. The molecule has 0 amide bonds. The van der Waals surface area contributed by atoms with Gasteiger partial charge in [0.1, 0.15) is 5.75 Å². The largest absolute Gasteiger partial charge is 0.495 e. The van der Waals surface area contributed by atoms with Gasteiger partial charge in [-0.3, -0.25) is 0 Å². The van der Waals surface area contributed by atoms with E-state index in [0.29, 0.717) is 12.6 Å². The van der Waals surface area contributed by atoms with E-state index in [0.717, 1.165) is 62.0 Å². The zero-order chi connectivity index (χ0) is 19.8. The molecule has 1 unspecified atom stereocenters. The maximum Gasteiger partial charge on any atom is 0.191 e. The number of aromatic nitrogens is 1. The third-order valence-electron chi connectivity index (χ3n) is 4.83. The second-order valence-electron chi connectivity index (χ2n) is 6.88. The van der Waals surface area contributed by atoms with Crippen LogP contribution in [0, 0.1) is 0 Å². The highest BCUT2D eigenvalue weighted by molar-refractivity contribution is 7.09. The van der Waals surface area contributed by atoms with Gasteiger partial charge >= 0.3 is 0 Å². The van der Waals surface area contributed by atoms with Gasteiger partial charge in [-0.25, -0.2) is 9.98 Å². The Morgan fingerprint density at radius 3 is 2.96 bits per heavy atom. The summed E-state index contributed by atoms with van der Waals surface area (Å²) in [6.07, 6.45) is 3.25. The van der Waals surface area contributed by atoms with Gasteiger partial charge in [0.05, 0.1) is 30.0 Å². The van der Waals surface area contributed by atoms with Crippen LogP contribution in [-0.2, 0) is 13.0 Å². The number of ether oxygens (including phenoxy) is 1. The highest BCUT2D eigenvalue weighted by Crippen LogP contribution is 2.29. The number of benzene rings is 1. The second kappa shape index (κ2) is 10.3. The molecule has 1 saturated heterocycles. The molecule has 1 aromatic heterocycles. The Hall–Kier alpha value is -2.28. The van der Waals surface area contributed by atoms with Crippen LogP contribution >= 0.6 is 11.3 Å². The summed E-state index contributed by atoms with van der Waals surface area (Å²) in [5, 5.41) is 10.3. The molecule has 1 aromatic carbocycles. The molecule has 1 aliphatic rings. The second-order valence-corrected chi connectivity index (χ2v) is 7.83. The molecule has 7 heteroatoms. The van der Waals surface area contributed by atoms with Crippen LogP contribution in [-0.4, -0.2) is 43.7 Å². The van der Waals surface area contributed by atoms with Crippen molar-refractivity contribution in [2.45, 2.75) is 45.7 Å². The number of piperidine rings is 1. The molecule has 1 aliphatic heterocycles. The number of hydrogen-bond donors (Lipinski definition) is 2. The predicted molar refractivity (Wildman–Crippen MR) is 118 cm³/mol. The van der Waals surface area contributed by atoms with Crippen molar-refractivity contribution in [3.8, 4) is 5.75 Å². The first-order chi connectivity index (χ1) is 13.7. The van der Waals surface area contributed by atoms with Crippen molar-refractivity contribution in [2.24, 2.45) is 4.99 Å². The molecule has 2 N–H and O–H groups in total. The Labute approximate surface area is 172 Å². The summed E-state index contributed by atoms with van der Waals surface area (Å²) >= 11 is 1.71. The topological polar surface area (TPSA) is 61.8 Å². The third kappa shape index (κ3) is 5.38. The molecular weight excluding hydrogens is 370 g/mol. The minimum atomic E-state index is 0.345. The number of nitrogens with one attached hydrogen (secondary N) is 2. The standard InChI is InChI=1S/C21H31N5OS/c1-4-20-24-17(15-28-20)13-23-21(22-5-2)25-16-9-8-12-26(14-16)18-10-6-7-11-19(18)27-3/h6-7,10-11,15-16H,4-5,8-9,12-14H2,1-3H3,(H2,22,23,25). The van der Waals surface area contributed by atoms with Crippen molar-refractivity contribution in [1.82, 2.24) is 15.6 Å². The average Bonchev–Trinajstić information content (AvgIpc) is 3.20. The first-order valence-corrected chi connectivity index (χ1v) is 11.0. The normalized spacial score (nSPS) is 17.5. The maximum atomic E-state index is 5.55. The minimum absolute atomic E-state index is 0.345. The molecule has 28 heavy (non-hydrogen) atoms. The van der Waals surface area contributed by atoms with Gasteiger partial charge < -0.3 is 20.3 Å². The maximum absolute atomic E-state index is 5.55. The zero-order valence-electron chi connectivity index (χ0n) is 17.1. The van der Waals surface area contributed by atoms with Gasteiger partial charge in [0.25, 0.3) is 0 Å². The fraction of sp³-hybridized carbons (Fsp3) is 0.524. The number of anilines is 1. The van der Waals surface area contributed by atoms with Crippen molar-refractivity contribution >= 4 is 23.0 Å². The molecule has 0 bridgehead atoms. The van der Waals surface area contributed by atoms with Crippen LogP contribution in [0.4, 0.5) is 5.69 Å². The molecule has 0 saturated carbocycles. The Bertz CT molecular complexity index is 776. The van der Waals surface area contributed by atoms with Crippen molar-refractivity contribution in [2.75, 3.05) is 31.6 Å². The Kier molecular flexibility index (Phi) is 7.54. The molecular formula is C21H31N5OS. The van der Waals surface area contributed by atoms with Crippen molar-refractivity contribution < 1.29 is 4.74 Å². The van der Waals surface area contributed by atoms with Crippen LogP contribution in [0.25, 0.3) is 0 Å². The molecule has 1 atom stereocenters. The molecule has 2 heterocycles. The van der Waals surface area contributed by atoms with Crippen LogP contribution in [0.5, 0.6) is 5.75 Å². The van der Waals surface area contributed by atoms with E-state index in [1.165, 1.54) is 5.01 Å². The Morgan fingerprint density at radius 2 is 2.21 bits per heavy atom. The quantitative estimate of drug-likeness (QED) is 0.550. The predicted octanol–water partition coefficient (Wildman–Crippen LogP) is 3.44. The third-order valence-corrected chi connectivity index (χ3v) is 5.88.